The van der Waals surface area contributed by atoms with Crippen LogP contribution in [0.15, 0.2) is 18.2 Å². The van der Waals surface area contributed by atoms with E-state index in [0.29, 0.717) is 12.1 Å². The predicted octanol–water partition coefficient (Wildman–Crippen LogP) is 2.14. The molecule has 0 aliphatic carbocycles. The molecule has 3 unspecified atom stereocenters. The average Bonchev–Trinajstić information content (AvgIpc) is 2.95. The number of halogens is 1. The van der Waals surface area contributed by atoms with Gasteiger partial charge in [0.1, 0.15) is 17.4 Å². The molecule has 1 N–H and O–H groups in total. The minimum atomic E-state index is -0.799. The molecular weight excluding hydrogens is 247 g/mol. The molecule has 98 valence electrons. The van der Waals surface area contributed by atoms with Gasteiger partial charge in [0, 0.05) is 12.1 Å². The zero-order valence-electron chi connectivity index (χ0n) is 10.2. The van der Waals surface area contributed by atoms with Crippen LogP contribution < -0.4 is 4.90 Å². The Bertz CT molecular complexity index is 581. The molecule has 19 heavy (non-hydrogen) atoms. The maximum Gasteiger partial charge on any atom is 0.308 e. The molecule has 0 amide bonds. The molecule has 0 saturated carbocycles. The highest BCUT2D eigenvalue weighted by molar-refractivity contribution is 5.75. The molecule has 2 aliphatic rings. The van der Waals surface area contributed by atoms with Crippen LogP contribution in [0.1, 0.15) is 24.8 Å². The molecular formula is C14H13FN2O2. The van der Waals surface area contributed by atoms with Gasteiger partial charge in [0.25, 0.3) is 0 Å². The molecule has 0 radical (unpaired) electrons. The number of nitriles is 1. The summed E-state index contributed by atoms with van der Waals surface area (Å²) in [5, 5.41) is 18.3. The van der Waals surface area contributed by atoms with E-state index in [0.717, 1.165) is 12.8 Å². The number of carbonyl (C=O) groups is 1. The van der Waals surface area contributed by atoms with Crippen LogP contribution in [0.3, 0.4) is 0 Å². The Balaban J connectivity index is 2.03. The summed E-state index contributed by atoms with van der Waals surface area (Å²) >= 11 is 0. The molecule has 0 spiro atoms. The van der Waals surface area contributed by atoms with E-state index in [9.17, 15) is 14.3 Å². The molecule has 2 fully saturated rings. The van der Waals surface area contributed by atoms with Gasteiger partial charge < -0.3 is 10.0 Å². The van der Waals surface area contributed by atoms with Gasteiger partial charge >= 0.3 is 5.97 Å². The van der Waals surface area contributed by atoms with Crippen molar-refractivity contribution in [2.75, 3.05) is 4.90 Å². The van der Waals surface area contributed by atoms with Gasteiger partial charge in [-0.25, -0.2) is 4.39 Å². The van der Waals surface area contributed by atoms with Crippen molar-refractivity contribution >= 4 is 11.7 Å². The maximum atomic E-state index is 13.7. The summed E-state index contributed by atoms with van der Waals surface area (Å²) in [6.07, 6.45) is 2.29. The van der Waals surface area contributed by atoms with E-state index < -0.39 is 17.7 Å². The molecule has 3 rings (SSSR count). The fourth-order valence-electron chi connectivity index (χ4n) is 3.47. The third kappa shape index (κ3) is 1.67. The normalized spacial score (nSPS) is 28.4. The van der Waals surface area contributed by atoms with E-state index >= 15 is 0 Å². The molecule has 0 aromatic heterocycles. The van der Waals surface area contributed by atoms with E-state index in [4.69, 9.17) is 5.26 Å². The first-order valence-corrected chi connectivity index (χ1v) is 6.33. The predicted molar refractivity (Wildman–Crippen MR) is 66.1 cm³/mol. The molecule has 2 aliphatic heterocycles. The first-order chi connectivity index (χ1) is 9.13. The summed E-state index contributed by atoms with van der Waals surface area (Å²) in [5.74, 6) is -1.75. The van der Waals surface area contributed by atoms with Crippen LogP contribution in [0.25, 0.3) is 0 Å². The number of anilines is 1. The Hall–Kier alpha value is -2.09. The van der Waals surface area contributed by atoms with Gasteiger partial charge in [-0.2, -0.15) is 5.26 Å². The summed E-state index contributed by atoms with van der Waals surface area (Å²) in [6.45, 7) is 0. The van der Waals surface area contributed by atoms with Gasteiger partial charge in [0.2, 0.25) is 0 Å². The Kier molecular flexibility index (Phi) is 2.67. The van der Waals surface area contributed by atoms with Crippen molar-refractivity contribution in [1.82, 2.24) is 0 Å². The van der Waals surface area contributed by atoms with Gasteiger partial charge in [-0.05, 0) is 31.4 Å². The van der Waals surface area contributed by atoms with Crippen molar-refractivity contribution in [2.24, 2.45) is 5.92 Å². The number of benzene rings is 1. The van der Waals surface area contributed by atoms with Crippen molar-refractivity contribution < 1.29 is 14.3 Å². The van der Waals surface area contributed by atoms with Crippen molar-refractivity contribution in [3.8, 4) is 6.07 Å². The second-order valence-corrected chi connectivity index (χ2v) is 5.13. The molecule has 2 heterocycles. The van der Waals surface area contributed by atoms with Crippen molar-refractivity contribution in [2.45, 2.75) is 31.3 Å². The number of aliphatic carboxylic acids is 1. The van der Waals surface area contributed by atoms with Crippen LogP contribution in [0.4, 0.5) is 10.1 Å². The molecule has 5 heteroatoms. The van der Waals surface area contributed by atoms with Gasteiger partial charge in [-0.15, -0.1) is 0 Å². The fraction of sp³-hybridized carbons (Fsp3) is 0.429. The number of nitrogens with zero attached hydrogens (tertiary/aromatic N) is 2. The lowest BCUT2D eigenvalue weighted by Gasteiger charge is -2.26. The molecule has 2 bridgehead atoms. The van der Waals surface area contributed by atoms with E-state index in [1.54, 1.807) is 12.1 Å². The molecule has 1 aromatic carbocycles. The minimum absolute atomic E-state index is 0.0189. The molecule has 2 saturated heterocycles. The van der Waals surface area contributed by atoms with Crippen LogP contribution in [-0.4, -0.2) is 23.2 Å². The van der Waals surface area contributed by atoms with Gasteiger partial charge in [-0.3, -0.25) is 4.79 Å². The minimum Gasteiger partial charge on any atom is -0.481 e. The number of rotatable bonds is 2. The van der Waals surface area contributed by atoms with Crippen LogP contribution in [0.5, 0.6) is 0 Å². The SMILES string of the molecule is N#Cc1c(F)cccc1N1C2CCC1C(C(=O)O)C2. The topological polar surface area (TPSA) is 64.3 Å². The Morgan fingerprint density at radius 3 is 2.89 bits per heavy atom. The van der Waals surface area contributed by atoms with Crippen LogP contribution in [0, 0.1) is 23.1 Å². The third-order valence-corrected chi connectivity index (χ3v) is 4.24. The smallest absolute Gasteiger partial charge is 0.308 e. The summed E-state index contributed by atoms with van der Waals surface area (Å²) in [7, 11) is 0. The summed E-state index contributed by atoms with van der Waals surface area (Å²) in [6, 6.07) is 6.42. The van der Waals surface area contributed by atoms with E-state index in [1.807, 2.05) is 11.0 Å². The zero-order chi connectivity index (χ0) is 13.6. The summed E-state index contributed by atoms with van der Waals surface area (Å²) in [5.41, 5.74) is 0.559. The second kappa shape index (κ2) is 4.23. The lowest BCUT2D eigenvalue weighted by atomic mass is 9.89. The maximum absolute atomic E-state index is 13.7. The van der Waals surface area contributed by atoms with E-state index in [-0.39, 0.29) is 17.6 Å². The quantitative estimate of drug-likeness (QED) is 0.884. The zero-order valence-corrected chi connectivity index (χ0v) is 10.2. The van der Waals surface area contributed by atoms with Crippen LogP contribution in [0.2, 0.25) is 0 Å². The third-order valence-electron chi connectivity index (χ3n) is 4.24. The standard InChI is InChI=1S/C14H13FN2O2/c15-11-2-1-3-12(10(11)7-16)17-8-4-5-13(17)9(6-8)14(18)19/h1-3,8-9,13H,4-6H2,(H,18,19). The van der Waals surface area contributed by atoms with Gasteiger partial charge in [0.15, 0.2) is 0 Å². The Morgan fingerprint density at radius 2 is 2.26 bits per heavy atom. The Labute approximate surface area is 110 Å². The lowest BCUT2D eigenvalue weighted by molar-refractivity contribution is -0.142. The number of fused-ring (bicyclic) bond motifs is 2. The highest BCUT2D eigenvalue weighted by atomic mass is 19.1. The van der Waals surface area contributed by atoms with Crippen molar-refractivity contribution in [3.05, 3.63) is 29.6 Å². The summed E-state index contributed by atoms with van der Waals surface area (Å²) < 4.78 is 13.7. The number of carboxylic acids is 1. The first-order valence-electron chi connectivity index (χ1n) is 6.33. The Morgan fingerprint density at radius 1 is 1.47 bits per heavy atom. The molecule has 1 aromatic rings. The monoisotopic (exact) mass is 260 g/mol. The van der Waals surface area contributed by atoms with Gasteiger partial charge in [0.05, 0.1) is 11.6 Å². The first kappa shape index (κ1) is 12.0. The van der Waals surface area contributed by atoms with Crippen LogP contribution in [-0.2, 0) is 4.79 Å². The van der Waals surface area contributed by atoms with Crippen molar-refractivity contribution in [3.63, 3.8) is 0 Å². The number of carboxylic acid groups (broad SMARTS) is 1. The number of hydrogen-bond acceptors (Lipinski definition) is 3. The largest absolute Gasteiger partial charge is 0.481 e. The summed E-state index contributed by atoms with van der Waals surface area (Å²) in [4.78, 5) is 13.2. The fourth-order valence-corrected chi connectivity index (χ4v) is 3.47. The highest BCUT2D eigenvalue weighted by Gasteiger charge is 2.49. The van der Waals surface area contributed by atoms with Crippen molar-refractivity contribution in [1.29, 1.82) is 5.26 Å². The van der Waals surface area contributed by atoms with Gasteiger partial charge in [-0.1, -0.05) is 6.07 Å². The number of hydrogen-bond donors (Lipinski definition) is 1. The highest BCUT2D eigenvalue weighted by Crippen LogP contribution is 2.45. The van der Waals surface area contributed by atoms with E-state index in [1.165, 1.54) is 6.07 Å². The molecule has 4 nitrogen and oxygen atoms in total. The lowest BCUT2D eigenvalue weighted by Crippen LogP contribution is -2.33. The van der Waals surface area contributed by atoms with E-state index in [2.05, 4.69) is 0 Å². The average molecular weight is 260 g/mol. The van der Waals surface area contributed by atoms with Crippen LogP contribution >= 0.6 is 0 Å². The molecule has 3 atom stereocenters. The second-order valence-electron chi connectivity index (χ2n) is 5.13.